The van der Waals surface area contributed by atoms with E-state index in [-0.39, 0.29) is 5.41 Å². The maximum atomic E-state index is 10.5. The Bertz CT molecular complexity index is 919. The zero-order valence-electron chi connectivity index (χ0n) is 17.2. The molecule has 1 aromatic rings. The van der Waals surface area contributed by atoms with Crippen LogP contribution >= 0.6 is 0 Å². The third-order valence-corrected chi connectivity index (χ3v) is 10.2. The highest BCUT2D eigenvalue weighted by Gasteiger charge is 2.75. The van der Waals surface area contributed by atoms with Crippen LogP contribution in [0.25, 0.3) is 0 Å². The molecule has 5 fully saturated rings. The first-order chi connectivity index (χ1) is 14.2. The summed E-state index contributed by atoms with van der Waals surface area (Å²) in [6, 6.07) is 9.99. The summed E-state index contributed by atoms with van der Waals surface area (Å²) in [6.07, 6.45) is 9.22. The van der Waals surface area contributed by atoms with E-state index in [0.29, 0.717) is 35.7 Å². The number of hydrogen-bond acceptors (Lipinski definition) is 4. The van der Waals surface area contributed by atoms with E-state index in [1.165, 1.54) is 69.2 Å². The SMILES string of the molecule is N#CCN1C[C@H]2CC34CCC1C2C31CCN(CC2CC2)C4Cc2ccc(O)cc21. The van der Waals surface area contributed by atoms with Gasteiger partial charge in [0.05, 0.1) is 12.6 Å². The molecule has 0 amide bonds. The Morgan fingerprint density at radius 3 is 2.90 bits per heavy atom. The molecule has 152 valence electrons. The Morgan fingerprint density at radius 2 is 2.07 bits per heavy atom. The van der Waals surface area contributed by atoms with Gasteiger partial charge in [0.25, 0.3) is 0 Å². The molecule has 6 atom stereocenters. The fraction of sp³-hybridized carbons (Fsp3) is 0.720. The average molecular weight is 390 g/mol. The van der Waals surface area contributed by atoms with Gasteiger partial charge < -0.3 is 5.11 Å². The molecule has 29 heavy (non-hydrogen) atoms. The molecule has 0 spiro atoms. The van der Waals surface area contributed by atoms with Crippen LogP contribution in [-0.4, -0.2) is 53.2 Å². The van der Waals surface area contributed by atoms with Crippen LogP contribution in [0.3, 0.4) is 0 Å². The molecule has 7 rings (SSSR count). The summed E-state index contributed by atoms with van der Waals surface area (Å²) in [4.78, 5) is 5.41. The van der Waals surface area contributed by atoms with E-state index in [4.69, 9.17) is 0 Å². The molecule has 6 aliphatic rings. The molecule has 4 bridgehead atoms. The number of aromatic hydroxyl groups is 1. The zero-order valence-corrected chi connectivity index (χ0v) is 17.2. The summed E-state index contributed by atoms with van der Waals surface area (Å²) in [5, 5.41) is 19.9. The van der Waals surface area contributed by atoms with Gasteiger partial charge in [-0.05, 0) is 97.9 Å². The van der Waals surface area contributed by atoms with Gasteiger partial charge in [0.2, 0.25) is 0 Å². The van der Waals surface area contributed by atoms with Crippen LogP contribution in [0.1, 0.15) is 49.7 Å². The topological polar surface area (TPSA) is 50.5 Å². The molecule has 3 saturated carbocycles. The Hall–Kier alpha value is -1.57. The lowest BCUT2D eigenvalue weighted by atomic mass is 9.43. The van der Waals surface area contributed by atoms with Gasteiger partial charge in [-0.1, -0.05) is 6.07 Å². The van der Waals surface area contributed by atoms with Gasteiger partial charge in [0.1, 0.15) is 5.75 Å². The average Bonchev–Trinajstić information content (AvgIpc) is 3.41. The van der Waals surface area contributed by atoms with Crippen LogP contribution in [0.5, 0.6) is 5.75 Å². The first-order valence-corrected chi connectivity index (χ1v) is 11.8. The van der Waals surface area contributed by atoms with Gasteiger partial charge in [0, 0.05) is 30.6 Å². The zero-order chi connectivity index (χ0) is 19.4. The predicted molar refractivity (Wildman–Crippen MR) is 110 cm³/mol. The second-order valence-electron chi connectivity index (χ2n) is 11.1. The molecule has 4 nitrogen and oxygen atoms in total. The third kappa shape index (κ3) is 1.97. The van der Waals surface area contributed by atoms with Crippen LogP contribution in [0.15, 0.2) is 18.2 Å². The Balaban J connectivity index is 1.41. The minimum Gasteiger partial charge on any atom is -0.508 e. The number of phenolic OH excluding ortho intramolecular Hbond substituents is 1. The third-order valence-electron chi connectivity index (χ3n) is 10.2. The molecule has 2 aliphatic heterocycles. The summed E-state index contributed by atoms with van der Waals surface area (Å²) >= 11 is 0. The molecule has 4 heteroatoms. The van der Waals surface area contributed by atoms with Crippen molar-refractivity contribution in [3.05, 3.63) is 29.3 Å². The molecule has 4 aliphatic carbocycles. The maximum absolute atomic E-state index is 10.5. The van der Waals surface area contributed by atoms with Gasteiger partial charge in [-0.2, -0.15) is 5.26 Å². The number of nitriles is 1. The summed E-state index contributed by atoms with van der Waals surface area (Å²) < 4.78 is 0. The van der Waals surface area contributed by atoms with Gasteiger partial charge in [-0.25, -0.2) is 0 Å². The van der Waals surface area contributed by atoms with Crippen molar-refractivity contribution in [2.45, 2.75) is 62.4 Å². The van der Waals surface area contributed by atoms with Gasteiger partial charge in [0.15, 0.2) is 0 Å². The molecule has 1 N–H and O–H groups in total. The largest absolute Gasteiger partial charge is 0.508 e. The van der Waals surface area contributed by atoms with E-state index >= 15 is 0 Å². The van der Waals surface area contributed by atoms with Crippen molar-refractivity contribution < 1.29 is 5.11 Å². The molecular weight excluding hydrogens is 358 g/mol. The smallest absolute Gasteiger partial charge is 0.115 e. The Kier molecular flexibility index (Phi) is 3.29. The van der Waals surface area contributed by atoms with Crippen molar-refractivity contribution in [3.8, 4) is 11.8 Å². The highest BCUT2D eigenvalue weighted by atomic mass is 16.3. The fourth-order valence-electron chi connectivity index (χ4n) is 9.33. The first-order valence-electron chi connectivity index (χ1n) is 11.8. The van der Waals surface area contributed by atoms with Crippen molar-refractivity contribution in [2.75, 3.05) is 26.2 Å². The second-order valence-corrected chi connectivity index (χ2v) is 11.1. The molecule has 1 aromatic carbocycles. The quantitative estimate of drug-likeness (QED) is 0.806. The van der Waals surface area contributed by atoms with Crippen LogP contribution in [0, 0.1) is 34.5 Å². The summed E-state index contributed by atoms with van der Waals surface area (Å²) in [5.41, 5.74) is 3.62. The van der Waals surface area contributed by atoms with Gasteiger partial charge >= 0.3 is 0 Å². The number of rotatable bonds is 3. The highest BCUT2D eigenvalue weighted by Crippen LogP contribution is 2.75. The van der Waals surface area contributed by atoms with Gasteiger partial charge in [-0.3, -0.25) is 9.80 Å². The molecule has 0 aromatic heterocycles. The van der Waals surface area contributed by atoms with Crippen LogP contribution in [-0.2, 0) is 11.8 Å². The maximum Gasteiger partial charge on any atom is 0.115 e. The van der Waals surface area contributed by atoms with Crippen LogP contribution < -0.4 is 0 Å². The standard InChI is InChI=1S/C25H31N3O/c26-8-10-27-15-18-13-24-6-5-21(27)23(18)25(24)7-9-28(14-16-1-2-16)22(24)11-17-3-4-19(29)12-20(17)25/h3-4,12,16,18,21-23,29H,1-2,5-7,9-11,13-15H2/t18-,21?,22?,23?,24?,25?/m1/s1. The number of fused-ring (bicyclic) bond motifs is 1. The lowest BCUT2D eigenvalue weighted by molar-refractivity contribution is -0.104. The van der Waals surface area contributed by atoms with Gasteiger partial charge in [-0.15, -0.1) is 0 Å². The van der Waals surface area contributed by atoms with E-state index in [2.05, 4.69) is 28.0 Å². The summed E-state index contributed by atoms with van der Waals surface area (Å²) in [5.74, 6) is 2.80. The normalized spacial score (nSPS) is 44.9. The van der Waals surface area contributed by atoms with Crippen molar-refractivity contribution in [2.24, 2.45) is 23.2 Å². The summed E-state index contributed by atoms with van der Waals surface area (Å²) in [7, 11) is 0. The predicted octanol–water partition coefficient (Wildman–Crippen LogP) is 3.29. The molecule has 2 saturated heterocycles. The first kappa shape index (κ1) is 17.1. The number of piperidine rings is 1. The molecular formula is C25H31N3O. The number of phenols is 1. The van der Waals surface area contributed by atoms with E-state index < -0.39 is 0 Å². The van der Waals surface area contributed by atoms with E-state index in [9.17, 15) is 10.4 Å². The molecule has 2 heterocycles. The second kappa shape index (κ2) is 5.56. The molecule has 5 unspecified atom stereocenters. The monoisotopic (exact) mass is 389 g/mol. The number of hydrogen-bond donors (Lipinski definition) is 1. The van der Waals surface area contributed by atoms with Crippen molar-refractivity contribution in [1.29, 1.82) is 5.26 Å². The lowest BCUT2D eigenvalue weighted by Gasteiger charge is -2.66. The highest BCUT2D eigenvalue weighted by molar-refractivity contribution is 5.50. The number of likely N-dealkylation sites (tertiary alicyclic amines) is 2. The molecule has 0 radical (unpaired) electrons. The van der Waals surface area contributed by atoms with E-state index in [1.54, 1.807) is 0 Å². The van der Waals surface area contributed by atoms with Crippen LogP contribution in [0.2, 0.25) is 0 Å². The number of nitrogens with zero attached hydrogens (tertiary/aromatic N) is 3. The Labute approximate surface area is 173 Å². The summed E-state index contributed by atoms with van der Waals surface area (Å²) in [6.45, 7) is 4.25. The van der Waals surface area contributed by atoms with Crippen molar-refractivity contribution >= 4 is 0 Å². The van der Waals surface area contributed by atoms with E-state index in [1.807, 2.05) is 6.07 Å². The van der Waals surface area contributed by atoms with Crippen molar-refractivity contribution in [3.63, 3.8) is 0 Å². The fourth-order valence-corrected chi connectivity index (χ4v) is 9.33. The van der Waals surface area contributed by atoms with Crippen LogP contribution in [0.4, 0.5) is 0 Å². The Morgan fingerprint density at radius 1 is 1.17 bits per heavy atom. The minimum atomic E-state index is 0.224. The lowest BCUT2D eigenvalue weighted by Crippen LogP contribution is -2.69. The van der Waals surface area contributed by atoms with Crippen molar-refractivity contribution in [1.82, 2.24) is 9.80 Å². The minimum absolute atomic E-state index is 0.224. The number of benzene rings is 1. The van der Waals surface area contributed by atoms with E-state index in [0.717, 1.165) is 18.4 Å².